The Balaban J connectivity index is 1.67. The maximum atomic E-state index is 13.4. The van der Waals surface area contributed by atoms with Crippen molar-refractivity contribution >= 4 is 17.2 Å². The summed E-state index contributed by atoms with van der Waals surface area (Å²) >= 11 is 1.75. The molecular weight excluding hydrogens is 436 g/mol. The molecule has 1 aliphatic heterocycles. The Kier molecular flexibility index (Phi) is 9.74. The minimum Gasteiger partial charge on any atom is -0.491 e. The third kappa shape index (κ3) is 7.54. The van der Waals surface area contributed by atoms with Crippen molar-refractivity contribution in [1.29, 1.82) is 0 Å². The highest BCUT2D eigenvalue weighted by molar-refractivity contribution is 7.10. The number of hydrogen-bond donors (Lipinski definition) is 1. The number of carbonyl (C=O) groups is 1. The molecule has 182 valence electrons. The molecule has 0 bridgehead atoms. The Labute approximate surface area is 202 Å². The van der Waals surface area contributed by atoms with Crippen molar-refractivity contribution in [2.24, 2.45) is 0 Å². The van der Waals surface area contributed by atoms with Crippen LogP contribution in [-0.4, -0.2) is 72.4 Å². The van der Waals surface area contributed by atoms with Crippen molar-refractivity contribution < 1.29 is 19.4 Å². The third-order valence-corrected chi connectivity index (χ3v) is 6.83. The molecule has 0 saturated heterocycles. The molecule has 0 aliphatic carbocycles. The Hall–Kier alpha value is -1.93. The van der Waals surface area contributed by atoms with E-state index in [-0.39, 0.29) is 31.2 Å². The van der Waals surface area contributed by atoms with Crippen molar-refractivity contribution in [2.45, 2.75) is 58.8 Å². The first-order valence-electron chi connectivity index (χ1n) is 11.9. The number of rotatable bonds is 12. The van der Waals surface area contributed by atoms with Crippen LogP contribution < -0.4 is 4.74 Å². The summed E-state index contributed by atoms with van der Waals surface area (Å²) in [6.07, 6.45) is 1.25. The van der Waals surface area contributed by atoms with Crippen LogP contribution in [0, 0.1) is 6.92 Å². The number of aliphatic hydroxyl groups is 1. The molecule has 7 heteroatoms. The topological polar surface area (TPSA) is 62.2 Å². The Morgan fingerprint density at radius 1 is 1.27 bits per heavy atom. The lowest BCUT2D eigenvalue weighted by Crippen LogP contribution is -2.48. The van der Waals surface area contributed by atoms with Crippen LogP contribution in [0.5, 0.6) is 5.75 Å². The molecule has 0 saturated carbocycles. The van der Waals surface area contributed by atoms with Crippen LogP contribution in [0.3, 0.4) is 0 Å². The van der Waals surface area contributed by atoms with E-state index in [0.29, 0.717) is 19.7 Å². The standard InChI is InChI=1S/C26H38N2O4S/c1-5-12-27(15-21(29)17-31-19(2)3)16-26(30)28-13-10-25-23(11-14-33-25)24(28)18-32-22-8-6-20(4)7-9-22/h6-9,11,14,19,21,24,29H,5,10,12-13,15-18H2,1-4H3/t21-,24-/m0/s1. The Bertz CT molecular complexity index is 867. The normalized spacial score (nSPS) is 16.8. The van der Waals surface area contributed by atoms with Gasteiger partial charge in [0.25, 0.3) is 0 Å². The number of benzene rings is 1. The number of amides is 1. The summed E-state index contributed by atoms with van der Waals surface area (Å²) in [6, 6.07) is 10.0. The first-order valence-corrected chi connectivity index (χ1v) is 12.8. The average molecular weight is 475 g/mol. The van der Waals surface area contributed by atoms with Crippen molar-refractivity contribution in [3.05, 3.63) is 51.7 Å². The molecule has 0 unspecified atom stereocenters. The molecule has 1 amide bonds. The lowest BCUT2D eigenvalue weighted by atomic mass is 10.0. The molecule has 1 N–H and O–H groups in total. The van der Waals surface area contributed by atoms with Gasteiger partial charge in [0.05, 0.1) is 31.4 Å². The molecule has 3 rings (SSSR count). The van der Waals surface area contributed by atoms with Gasteiger partial charge in [-0.15, -0.1) is 11.3 Å². The molecule has 33 heavy (non-hydrogen) atoms. The number of fused-ring (bicyclic) bond motifs is 1. The molecule has 1 aromatic carbocycles. The fraction of sp³-hybridized carbons (Fsp3) is 0.577. The quantitative estimate of drug-likeness (QED) is 0.503. The summed E-state index contributed by atoms with van der Waals surface area (Å²) in [6.45, 7) is 10.9. The first kappa shape index (κ1) is 25.7. The second-order valence-electron chi connectivity index (χ2n) is 9.05. The minimum absolute atomic E-state index is 0.0725. The zero-order valence-corrected chi connectivity index (χ0v) is 21.1. The van der Waals surface area contributed by atoms with Crippen LogP contribution in [0.25, 0.3) is 0 Å². The van der Waals surface area contributed by atoms with E-state index < -0.39 is 6.10 Å². The molecular formula is C26H38N2O4S. The highest BCUT2D eigenvalue weighted by atomic mass is 32.1. The zero-order chi connectivity index (χ0) is 23.8. The summed E-state index contributed by atoms with van der Waals surface area (Å²) in [5, 5.41) is 12.5. The van der Waals surface area contributed by atoms with Gasteiger partial charge in [-0.05, 0) is 69.3 Å². The molecule has 1 aromatic heterocycles. The van der Waals surface area contributed by atoms with Gasteiger partial charge < -0.3 is 19.5 Å². The van der Waals surface area contributed by atoms with Gasteiger partial charge in [-0.1, -0.05) is 24.6 Å². The molecule has 0 spiro atoms. The number of nitrogens with zero attached hydrogens (tertiary/aromatic N) is 2. The number of carbonyl (C=O) groups excluding carboxylic acids is 1. The summed E-state index contributed by atoms with van der Waals surface area (Å²) in [5.41, 5.74) is 2.38. The van der Waals surface area contributed by atoms with Gasteiger partial charge >= 0.3 is 0 Å². The van der Waals surface area contributed by atoms with Crippen LogP contribution in [0.4, 0.5) is 0 Å². The van der Waals surface area contributed by atoms with Crippen molar-refractivity contribution in [1.82, 2.24) is 9.80 Å². The number of aliphatic hydroxyl groups excluding tert-OH is 1. The van der Waals surface area contributed by atoms with Crippen LogP contribution >= 0.6 is 11.3 Å². The zero-order valence-electron chi connectivity index (χ0n) is 20.3. The molecule has 2 heterocycles. The predicted molar refractivity (Wildman–Crippen MR) is 133 cm³/mol. The Morgan fingerprint density at radius 2 is 2.03 bits per heavy atom. The SMILES string of the molecule is CCCN(CC(=O)N1CCc2sccc2[C@@H]1COc1ccc(C)cc1)C[C@H](O)COC(C)C. The van der Waals surface area contributed by atoms with Gasteiger partial charge in [0.15, 0.2) is 0 Å². The van der Waals surface area contributed by atoms with Crippen molar-refractivity contribution in [2.75, 3.05) is 39.4 Å². The van der Waals surface area contributed by atoms with Crippen LogP contribution in [0.1, 0.15) is 49.2 Å². The third-order valence-electron chi connectivity index (χ3n) is 5.83. The maximum Gasteiger partial charge on any atom is 0.237 e. The van der Waals surface area contributed by atoms with Crippen molar-refractivity contribution in [3.8, 4) is 5.75 Å². The second kappa shape index (κ2) is 12.5. The van der Waals surface area contributed by atoms with Gasteiger partial charge in [0.1, 0.15) is 12.4 Å². The molecule has 0 fully saturated rings. The van der Waals surface area contributed by atoms with Gasteiger partial charge in [-0.2, -0.15) is 0 Å². The lowest BCUT2D eigenvalue weighted by Gasteiger charge is -2.37. The van der Waals surface area contributed by atoms with E-state index in [2.05, 4.69) is 25.3 Å². The van der Waals surface area contributed by atoms with Gasteiger partial charge in [0.2, 0.25) is 5.91 Å². The van der Waals surface area contributed by atoms with E-state index in [9.17, 15) is 9.90 Å². The van der Waals surface area contributed by atoms with E-state index in [0.717, 1.165) is 25.1 Å². The molecule has 0 radical (unpaired) electrons. The molecule has 6 nitrogen and oxygen atoms in total. The number of thiophene rings is 1. The average Bonchev–Trinajstić information content (AvgIpc) is 3.26. The lowest BCUT2D eigenvalue weighted by molar-refractivity contribution is -0.136. The second-order valence-corrected chi connectivity index (χ2v) is 10.0. The highest BCUT2D eigenvalue weighted by Crippen LogP contribution is 2.34. The predicted octanol–water partition coefficient (Wildman–Crippen LogP) is 4.06. The Morgan fingerprint density at radius 3 is 2.73 bits per heavy atom. The minimum atomic E-state index is -0.614. The summed E-state index contributed by atoms with van der Waals surface area (Å²) < 4.78 is 11.7. The molecule has 1 aliphatic rings. The molecule has 2 aromatic rings. The number of ether oxygens (including phenoxy) is 2. The van der Waals surface area contributed by atoms with Gasteiger partial charge in [-0.25, -0.2) is 0 Å². The largest absolute Gasteiger partial charge is 0.491 e. The van der Waals surface area contributed by atoms with Crippen molar-refractivity contribution in [3.63, 3.8) is 0 Å². The van der Waals surface area contributed by atoms with E-state index in [1.165, 1.54) is 16.0 Å². The van der Waals surface area contributed by atoms with E-state index in [1.807, 2.05) is 47.9 Å². The van der Waals surface area contributed by atoms with E-state index in [4.69, 9.17) is 9.47 Å². The summed E-state index contributed by atoms with van der Waals surface area (Å²) in [4.78, 5) is 18.8. The van der Waals surface area contributed by atoms with Crippen LogP contribution in [0.2, 0.25) is 0 Å². The van der Waals surface area contributed by atoms with E-state index in [1.54, 1.807) is 11.3 Å². The number of aryl methyl sites for hydroxylation is 1. The summed E-state index contributed by atoms with van der Waals surface area (Å²) in [5.74, 6) is 0.894. The van der Waals surface area contributed by atoms with Gasteiger partial charge in [0, 0.05) is 18.0 Å². The van der Waals surface area contributed by atoms with E-state index >= 15 is 0 Å². The fourth-order valence-corrected chi connectivity index (χ4v) is 5.10. The monoisotopic (exact) mass is 474 g/mol. The first-order chi connectivity index (χ1) is 15.9. The van der Waals surface area contributed by atoms with Gasteiger partial charge in [-0.3, -0.25) is 9.69 Å². The fourth-order valence-electron chi connectivity index (χ4n) is 4.17. The summed E-state index contributed by atoms with van der Waals surface area (Å²) in [7, 11) is 0. The smallest absolute Gasteiger partial charge is 0.237 e. The highest BCUT2D eigenvalue weighted by Gasteiger charge is 2.33. The molecule has 2 atom stereocenters. The number of hydrogen-bond acceptors (Lipinski definition) is 6. The maximum absolute atomic E-state index is 13.4. The van der Waals surface area contributed by atoms with Crippen LogP contribution in [-0.2, 0) is 16.0 Å². The van der Waals surface area contributed by atoms with Crippen LogP contribution in [0.15, 0.2) is 35.7 Å².